The van der Waals surface area contributed by atoms with Crippen LogP contribution in [-0.4, -0.2) is 51.1 Å². The highest BCUT2D eigenvalue weighted by Crippen LogP contribution is 2.16. The fourth-order valence-electron chi connectivity index (χ4n) is 2.02. The normalized spacial score (nSPS) is 20.8. The van der Waals surface area contributed by atoms with Gasteiger partial charge >= 0.3 is 0 Å². The first-order chi connectivity index (χ1) is 8.33. The monoisotopic (exact) mass is 233 g/mol. The number of piperazine rings is 1. The van der Waals surface area contributed by atoms with Crippen LogP contribution in [0.15, 0.2) is 12.4 Å². The molecule has 1 aliphatic heterocycles. The molecule has 1 aliphatic rings. The van der Waals surface area contributed by atoms with Gasteiger partial charge in [-0.1, -0.05) is 0 Å². The molecule has 7 nitrogen and oxygen atoms in total. The van der Waals surface area contributed by atoms with E-state index in [1.54, 1.807) is 12.4 Å². The summed E-state index contributed by atoms with van der Waals surface area (Å²) in [5, 5.41) is 17.2. The molecule has 0 bridgehead atoms. The Hall–Kier alpha value is -1.89. The molecule has 17 heavy (non-hydrogen) atoms. The summed E-state index contributed by atoms with van der Waals surface area (Å²) in [5.74, 6) is 1.51. The summed E-state index contributed by atoms with van der Waals surface area (Å²) >= 11 is 0. The average Bonchev–Trinajstić information content (AvgIpc) is 3.00. The molecule has 7 heteroatoms. The third kappa shape index (κ3) is 2.01. The molecule has 3 N–H and O–H groups in total. The summed E-state index contributed by atoms with van der Waals surface area (Å²) in [5.41, 5.74) is 0.923. The number of hydrogen-bond acceptors (Lipinski definition) is 5. The van der Waals surface area contributed by atoms with Gasteiger partial charge in [-0.2, -0.15) is 10.1 Å². The maximum atomic E-state index is 4.48. The second kappa shape index (κ2) is 4.17. The minimum absolute atomic E-state index is 0.472. The largest absolute Gasteiger partial charge is 0.337 e. The van der Waals surface area contributed by atoms with Gasteiger partial charge < -0.3 is 10.2 Å². The fourth-order valence-corrected chi connectivity index (χ4v) is 2.02. The van der Waals surface area contributed by atoms with E-state index in [-0.39, 0.29) is 0 Å². The zero-order valence-electron chi connectivity index (χ0n) is 9.64. The van der Waals surface area contributed by atoms with E-state index >= 15 is 0 Å². The molecule has 0 saturated carbocycles. The molecule has 3 heterocycles. The van der Waals surface area contributed by atoms with Crippen LogP contribution in [0.5, 0.6) is 0 Å². The molecule has 0 aliphatic carbocycles. The zero-order valence-corrected chi connectivity index (χ0v) is 9.64. The van der Waals surface area contributed by atoms with E-state index in [1.807, 2.05) is 0 Å². The van der Waals surface area contributed by atoms with Crippen LogP contribution in [0.1, 0.15) is 6.92 Å². The van der Waals surface area contributed by atoms with Crippen molar-refractivity contribution in [3.05, 3.63) is 12.4 Å². The van der Waals surface area contributed by atoms with Crippen LogP contribution in [0.3, 0.4) is 0 Å². The molecule has 3 rings (SSSR count). The van der Waals surface area contributed by atoms with Crippen LogP contribution >= 0.6 is 0 Å². The second-order valence-corrected chi connectivity index (χ2v) is 4.27. The molecule has 2 aromatic rings. The SMILES string of the molecule is CC1CN(c2n[nH]c(-c3cn[nH]c3)n2)CCN1. The number of nitrogens with one attached hydrogen (secondary N) is 3. The van der Waals surface area contributed by atoms with Crippen molar-refractivity contribution < 1.29 is 0 Å². The Morgan fingerprint density at radius 3 is 3.18 bits per heavy atom. The van der Waals surface area contributed by atoms with E-state index in [2.05, 4.69) is 42.5 Å². The number of anilines is 1. The van der Waals surface area contributed by atoms with Crippen molar-refractivity contribution in [2.24, 2.45) is 0 Å². The van der Waals surface area contributed by atoms with Crippen molar-refractivity contribution in [3.8, 4) is 11.4 Å². The maximum Gasteiger partial charge on any atom is 0.245 e. The van der Waals surface area contributed by atoms with Crippen molar-refractivity contribution in [1.82, 2.24) is 30.7 Å². The first kappa shape index (κ1) is 10.3. The molecular weight excluding hydrogens is 218 g/mol. The van der Waals surface area contributed by atoms with Crippen LogP contribution in [0.4, 0.5) is 5.95 Å². The Balaban J connectivity index is 1.80. The maximum absolute atomic E-state index is 4.48. The predicted molar refractivity (Wildman–Crippen MR) is 63.6 cm³/mol. The van der Waals surface area contributed by atoms with Gasteiger partial charge in [0.05, 0.1) is 11.8 Å². The average molecular weight is 233 g/mol. The summed E-state index contributed by atoms with van der Waals surface area (Å²) in [4.78, 5) is 6.66. The second-order valence-electron chi connectivity index (χ2n) is 4.27. The molecule has 0 aromatic carbocycles. The number of rotatable bonds is 2. The summed E-state index contributed by atoms with van der Waals surface area (Å²) in [7, 11) is 0. The summed E-state index contributed by atoms with van der Waals surface area (Å²) in [6, 6.07) is 0.472. The van der Waals surface area contributed by atoms with Crippen LogP contribution in [0.2, 0.25) is 0 Å². The molecule has 2 aromatic heterocycles. The van der Waals surface area contributed by atoms with Gasteiger partial charge in [0.15, 0.2) is 5.82 Å². The lowest BCUT2D eigenvalue weighted by Crippen LogP contribution is -2.49. The highest BCUT2D eigenvalue weighted by atomic mass is 15.4. The van der Waals surface area contributed by atoms with Crippen LogP contribution in [-0.2, 0) is 0 Å². The lowest BCUT2D eigenvalue weighted by atomic mass is 10.2. The topological polar surface area (TPSA) is 85.5 Å². The van der Waals surface area contributed by atoms with Crippen LogP contribution in [0, 0.1) is 0 Å². The molecule has 0 radical (unpaired) electrons. The van der Waals surface area contributed by atoms with Gasteiger partial charge in [-0.3, -0.25) is 10.2 Å². The van der Waals surface area contributed by atoms with E-state index in [9.17, 15) is 0 Å². The molecule has 0 amide bonds. The molecule has 1 atom stereocenters. The van der Waals surface area contributed by atoms with Crippen molar-refractivity contribution >= 4 is 5.95 Å². The van der Waals surface area contributed by atoms with Gasteiger partial charge in [0.1, 0.15) is 0 Å². The minimum Gasteiger partial charge on any atom is -0.337 e. The molecule has 0 spiro atoms. The summed E-state index contributed by atoms with van der Waals surface area (Å²) in [6.45, 7) is 5.00. The Morgan fingerprint density at radius 2 is 2.41 bits per heavy atom. The summed E-state index contributed by atoms with van der Waals surface area (Å²) < 4.78 is 0. The van der Waals surface area contributed by atoms with Crippen molar-refractivity contribution in [3.63, 3.8) is 0 Å². The molecule has 1 fully saturated rings. The highest BCUT2D eigenvalue weighted by Gasteiger charge is 2.19. The first-order valence-corrected chi connectivity index (χ1v) is 5.73. The minimum atomic E-state index is 0.472. The Kier molecular flexibility index (Phi) is 2.52. The highest BCUT2D eigenvalue weighted by molar-refractivity contribution is 5.53. The number of aromatic nitrogens is 5. The van der Waals surface area contributed by atoms with E-state index in [0.29, 0.717) is 6.04 Å². The molecule has 1 saturated heterocycles. The number of aromatic amines is 2. The van der Waals surface area contributed by atoms with Crippen molar-refractivity contribution in [2.75, 3.05) is 24.5 Å². The molecular formula is C10H15N7. The van der Waals surface area contributed by atoms with Crippen molar-refractivity contribution in [2.45, 2.75) is 13.0 Å². The third-order valence-corrected chi connectivity index (χ3v) is 2.90. The number of H-pyrrole nitrogens is 2. The van der Waals surface area contributed by atoms with E-state index in [4.69, 9.17) is 0 Å². The quantitative estimate of drug-likeness (QED) is 0.679. The van der Waals surface area contributed by atoms with E-state index < -0.39 is 0 Å². The smallest absolute Gasteiger partial charge is 0.245 e. The standard InChI is InChI=1S/C10H15N7/c1-7-6-17(3-2-11-7)10-14-9(15-16-10)8-4-12-13-5-8/h4-5,7,11H,2-3,6H2,1H3,(H,12,13)(H,14,15,16). The predicted octanol–water partition coefficient (Wildman–Crippen LogP) is -0.00710. The molecule has 90 valence electrons. The van der Waals surface area contributed by atoms with Gasteiger partial charge in [0.25, 0.3) is 0 Å². The lowest BCUT2D eigenvalue weighted by Gasteiger charge is -2.30. The Bertz CT molecular complexity index is 475. The first-order valence-electron chi connectivity index (χ1n) is 5.73. The Morgan fingerprint density at radius 1 is 1.47 bits per heavy atom. The summed E-state index contributed by atoms with van der Waals surface area (Å²) in [6.07, 6.45) is 3.52. The van der Waals surface area contributed by atoms with E-state index in [1.165, 1.54) is 0 Å². The Labute approximate surface area is 98.6 Å². The van der Waals surface area contributed by atoms with Crippen molar-refractivity contribution in [1.29, 1.82) is 0 Å². The van der Waals surface area contributed by atoms with Gasteiger partial charge in [-0.25, -0.2) is 0 Å². The third-order valence-electron chi connectivity index (χ3n) is 2.90. The van der Waals surface area contributed by atoms with E-state index in [0.717, 1.165) is 37.0 Å². The van der Waals surface area contributed by atoms with Crippen LogP contribution in [0.25, 0.3) is 11.4 Å². The number of nitrogens with zero attached hydrogens (tertiary/aromatic N) is 4. The lowest BCUT2D eigenvalue weighted by molar-refractivity contribution is 0.480. The van der Waals surface area contributed by atoms with Gasteiger partial charge in [-0.05, 0) is 6.92 Å². The fraction of sp³-hybridized carbons (Fsp3) is 0.500. The number of hydrogen-bond donors (Lipinski definition) is 3. The van der Waals surface area contributed by atoms with Gasteiger partial charge in [0, 0.05) is 31.9 Å². The van der Waals surface area contributed by atoms with Crippen LogP contribution < -0.4 is 10.2 Å². The van der Waals surface area contributed by atoms with Gasteiger partial charge in [-0.15, -0.1) is 5.10 Å². The zero-order chi connectivity index (χ0) is 11.7. The molecule has 1 unspecified atom stereocenters. The van der Waals surface area contributed by atoms with Gasteiger partial charge in [0.2, 0.25) is 5.95 Å².